The molecule has 0 aromatic carbocycles. The van der Waals surface area contributed by atoms with E-state index in [1.807, 2.05) is 0 Å². The van der Waals surface area contributed by atoms with E-state index in [0.29, 0.717) is 0 Å². The predicted octanol–water partition coefficient (Wildman–Crippen LogP) is -0.472. The van der Waals surface area contributed by atoms with E-state index in [1.165, 1.54) is 0 Å². The summed E-state index contributed by atoms with van der Waals surface area (Å²) in [6.45, 7) is -13.5. The van der Waals surface area contributed by atoms with Gasteiger partial charge in [-0.15, -0.1) is 0 Å². The van der Waals surface area contributed by atoms with Gasteiger partial charge in [-0.2, -0.15) is 0 Å². The minimum Gasteiger partial charge on any atom is -0.481 e. The molecule has 0 saturated heterocycles. The minimum absolute atomic E-state index is 2.03. The highest BCUT2D eigenvalue weighted by molar-refractivity contribution is 5.67. The number of rotatable bonds is 4. The number of aliphatic carboxylic acids is 1. The Kier molecular flexibility index (Phi) is 0.671. The van der Waals surface area contributed by atoms with Crippen molar-refractivity contribution in [2.75, 3.05) is 27.5 Å². The van der Waals surface area contributed by atoms with E-state index in [2.05, 4.69) is 0 Å². The van der Waals surface area contributed by atoms with Crippen molar-refractivity contribution in [1.82, 2.24) is 0 Å². The van der Waals surface area contributed by atoms with Crippen molar-refractivity contribution in [1.29, 1.82) is 0 Å². The molecule has 2 N–H and O–H groups in total. The average molecular weight is 174 g/mol. The number of carboxylic acids is 1. The lowest BCUT2D eigenvalue weighted by Gasteiger charge is -2.25. The summed E-state index contributed by atoms with van der Waals surface area (Å²) in [4.78, 5) is 10.8. The van der Waals surface area contributed by atoms with Gasteiger partial charge in [0.1, 0.15) is 12.6 Å². The summed E-state index contributed by atoms with van der Waals surface area (Å²) < 4.78 is 84.2. The van der Waals surface area contributed by atoms with E-state index in [9.17, 15) is 9.90 Å². The quantitative estimate of drug-likeness (QED) is 0.566. The van der Waals surface area contributed by atoms with E-state index in [-0.39, 0.29) is 0 Å². The van der Waals surface area contributed by atoms with Gasteiger partial charge in [0.15, 0.2) is 0 Å². The van der Waals surface area contributed by atoms with Gasteiger partial charge in [0.25, 0.3) is 0 Å². The van der Waals surface area contributed by atoms with Crippen LogP contribution in [0.4, 0.5) is 0 Å². The van der Waals surface area contributed by atoms with Crippen molar-refractivity contribution in [3.05, 3.63) is 0 Å². The van der Waals surface area contributed by atoms with Crippen LogP contribution in [0.2, 0.25) is 0 Å². The van der Waals surface area contributed by atoms with Crippen LogP contribution >= 0.6 is 0 Å². The van der Waals surface area contributed by atoms with Gasteiger partial charge in [-0.25, -0.2) is 0 Å². The van der Waals surface area contributed by atoms with Gasteiger partial charge >= 0.3 is 5.97 Å². The monoisotopic (exact) mass is 174 g/mol. The van der Waals surface area contributed by atoms with Gasteiger partial charge in [-0.3, -0.25) is 4.79 Å². The topological polar surface area (TPSA) is 57.5 Å². The van der Waals surface area contributed by atoms with Crippen LogP contribution in [0.25, 0.3) is 0 Å². The van der Waals surface area contributed by atoms with E-state index in [4.69, 9.17) is 21.6 Å². The summed E-state index contributed by atoms with van der Waals surface area (Å²) in [5.41, 5.74) is 0. The van der Waals surface area contributed by atoms with E-state index < -0.39 is 50.4 Å². The first-order valence-corrected chi connectivity index (χ1v) is 2.49. The molecule has 0 aliphatic carbocycles. The molecule has 0 rings (SSSR count). The second-order valence-corrected chi connectivity index (χ2v) is 1.84. The van der Waals surface area contributed by atoms with Gasteiger partial charge in [-0.05, 0) is 0 Å². The Labute approximate surface area is 83.5 Å². The van der Waals surface area contributed by atoms with Gasteiger partial charge < -0.3 is 14.7 Å². The second-order valence-electron chi connectivity index (χ2n) is 1.84. The number of hydrogen-bond donors (Lipinski definition) is 2. The molecule has 0 aromatic heterocycles. The van der Waals surface area contributed by atoms with Crippen LogP contribution in [0.15, 0.2) is 0 Å². The molecule has 0 saturated carbocycles. The number of nitrogens with zero attached hydrogens (tertiary/aromatic N) is 1. The first-order valence-electron chi connectivity index (χ1n) is 8.49. The third-order valence-electron chi connectivity index (χ3n) is 0.638. The molecule has 1 atom stereocenters. The predicted molar refractivity (Wildman–Crippen MR) is 41.2 cm³/mol. The zero-order valence-electron chi connectivity index (χ0n) is 17.5. The molecule has 0 heterocycles. The first kappa shape index (κ1) is 2.00. The Bertz CT molecular complexity index is 425. The molecule has 0 unspecified atom stereocenters. The number of aliphatic hydroxyl groups is 1. The molecule has 0 radical (unpaired) electrons. The number of carboxylic acid groups (broad SMARTS) is 1. The SMILES string of the molecule is [2H]C([2H])(C(=O)O)[C@]([2H])(O)C[N+](C([2H])([2H])[2H])(C([2H])([2H])[2H])C([2H])([2H])[2H]. The van der Waals surface area contributed by atoms with Crippen LogP contribution in [-0.2, 0) is 4.79 Å². The molecular weight excluding hydrogens is 146 g/mol. The lowest BCUT2D eigenvalue weighted by atomic mass is 10.2. The van der Waals surface area contributed by atoms with E-state index in [0.717, 1.165) is 0 Å². The second kappa shape index (κ2) is 3.69. The molecule has 0 amide bonds. The maximum atomic E-state index is 10.8. The van der Waals surface area contributed by atoms with E-state index in [1.54, 1.807) is 0 Å². The molecule has 0 aliphatic rings. The summed E-state index contributed by atoms with van der Waals surface area (Å²) in [6.07, 6.45) is -7.67. The lowest BCUT2D eigenvalue weighted by Crippen LogP contribution is -2.42. The number of likely N-dealkylation sites (N-methyl/N-ethyl adjacent to an activating group) is 1. The zero-order valence-corrected chi connectivity index (χ0v) is 5.46. The molecular formula is C7H16NO3+. The highest BCUT2D eigenvalue weighted by Crippen LogP contribution is 1.98. The summed E-state index contributed by atoms with van der Waals surface area (Å²) >= 11 is 0. The molecule has 0 fully saturated rings. The van der Waals surface area contributed by atoms with Crippen LogP contribution in [0.3, 0.4) is 0 Å². The van der Waals surface area contributed by atoms with Crippen LogP contribution in [0, 0.1) is 0 Å². The maximum Gasteiger partial charge on any atom is 0.306 e. The van der Waals surface area contributed by atoms with Gasteiger partial charge in [0.05, 0.1) is 41.0 Å². The molecule has 4 heteroatoms. The number of quaternary nitrogens is 1. The van der Waals surface area contributed by atoms with Gasteiger partial charge in [0.2, 0.25) is 0 Å². The lowest BCUT2D eigenvalue weighted by molar-refractivity contribution is -0.873. The summed E-state index contributed by atoms with van der Waals surface area (Å²) in [6, 6.07) is 0. The highest BCUT2D eigenvalue weighted by Gasteiger charge is 2.17. The normalized spacial score (nSPS) is 38.3. The molecule has 11 heavy (non-hydrogen) atoms. The van der Waals surface area contributed by atoms with Crippen molar-refractivity contribution >= 4 is 5.97 Å². The Morgan fingerprint density at radius 2 is 2.36 bits per heavy atom. The van der Waals surface area contributed by atoms with Crippen molar-refractivity contribution in [2.24, 2.45) is 0 Å². The number of hydrogen-bond acceptors (Lipinski definition) is 2. The molecule has 0 bridgehead atoms. The van der Waals surface area contributed by atoms with Crippen LogP contribution in [-0.4, -0.2) is 54.2 Å². The summed E-state index contributed by atoms with van der Waals surface area (Å²) in [7, 11) is 0. The maximum absolute atomic E-state index is 10.8. The standard InChI is InChI=1S/C7H15NO3/c1-8(2,3)5-6(9)4-7(10)11/h6,9H,4-5H2,1-3H3/p+1/t6-/m0/s1/i1D3,2D3,3D3,4D2,6D. The Hall–Kier alpha value is -0.610. The average Bonchev–Trinajstić information content (AvgIpc) is 2.19. The third kappa shape index (κ3) is 7.29. The fraction of sp³-hybridized carbons (Fsp3) is 0.857. The first-order chi connectivity index (χ1) is 9.65. The van der Waals surface area contributed by atoms with Gasteiger partial charge in [0, 0.05) is 2.74 Å². The molecule has 0 aromatic rings. The van der Waals surface area contributed by atoms with Crippen molar-refractivity contribution in [3.8, 4) is 0 Å². The van der Waals surface area contributed by atoms with Crippen LogP contribution in [0.5, 0.6) is 0 Å². The van der Waals surface area contributed by atoms with Crippen molar-refractivity contribution in [2.45, 2.75) is 12.5 Å². The van der Waals surface area contributed by atoms with E-state index >= 15 is 0 Å². The summed E-state index contributed by atoms with van der Waals surface area (Å²) in [5.74, 6) is -2.38. The van der Waals surface area contributed by atoms with Crippen LogP contribution in [0.1, 0.15) is 22.8 Å². The smallest absolute Gasteiger partial charge is 0.306 e. The molecule has 0 spiro atoms. The van der Waals surface area contributed by atoms with Crippen molar-refractivity contribution < 1.29 is 35.9 Å². The van der Waals surface area contributed by atoms with Crippen LogP contribution < -0.4 is 0 Å². The molecule has 0 aliphatic heterocycles. The Morgan fingerprint density at radius 1 is 1.82 bits per heavy atom. The zero-order chi connectivity index (χ0) is 19.3. The fourth-order valence-electron chi connectivity index (χ4n) is 0.388. The largest absolute Gasteiger partial charge is 0.481 e. The minimum atomic E-state index is -3.85. The Morgan fingerprint density at radius 3 is 2.73 bits per heavy atom. The summed E-state index contributed by atoms with van der Waals surface area (Å²) in [5, 5.41) is 18.5. The van der Waals surface area contributed by atoms with Crippen molar-refractivity contribution in [3.63, 3.8) is 0 Å². The highest BCUT2D eigenvalue weighted by atomic mass is 16.4. The Balaban J connectivity index is 6.51. The van der Waals surface area contributed by atoms with Gasteiger partial charge in [-0.1, -0.05) is 0 Å². The third-order valence-corrected chi connectivity index (χ3v) is 0.638. The molecule has 66 valence electrons. The fourth-order valence-corrected chi connectivity index (χ4v) is 0.388. The molecule has 4 nitrogen and oxygen atoms in total. The number of carbonyl (C=O) groups is 1.